The molecule has 0 bridgehead atoms. The number of likely N-dealkylation sites (tertiary alicyclic amines) is 1. The first kappa shape index (κ1) is 15.7. The second kappa shape index (κ2) is 6.52. The summed E-state index contributed by atoms with van der Waals surface area (Å²) in [6.07, 6.45) is 9.05. The molecule has 0 radical (unpaired) electrons. The second-order valence-electron chi connectivity index (χ2n) is 6.63. The molecule has 2 atom stereocenters. The number of amides is 1. The van der Waals surface area contributed by atoms with E-state index in [0.717, 1.165) is 31.5 Å². The molecule has 2 aromatic rings. The molecule has 1 aliphatic rings. The number of rotatable bonds is 5. The number of carbonyl (C=O) groups excluding carboxylic acids is 1. The van der Waals surface area contributed by atoms with Gasteiger partial charge in [0.15, 0.2) is 0 Å². The summed E-state index contributed by atoms with van der Waals surface area (Å²) in [5.74, 6) is 0.300. The normalized spacial score (nSPS) is 19.5. The van der Waals surface area contributed by atoms with Crippen LogP contribution in [0.5, 0.6) is 0 Å². The first-order chi connectivity index (χ1) is 11.1. The van der Waals surface area contributed by atoms with Crippen molar-refractivity contribution in [3.8, 4) is 0 Å². The van der Waals surface area contributed by atoms with Crippen LogP contribution in [0.25, 0.3) is 0 Å². The van der Waals surface area contributed by atoms with E-state index in [1.165, 1.54) is 6.33 Å². The third-order valence-corrected chi connectivity index (χ3v) is 4.43. The Morgan fingerprint density at radius 1 is 1.39 bits per heavy atom. The van der Waals surface area contributed by atoms with Crippen LogP contribution < -0.4 is 0 Å². The molecule has 3 rings (SSSR count). The smallest absolute Gasteiger partial charge is 0.248 e. The zero-order valence-electron chi connectivity index (χ0n) is 14.0. The van der Waals surface area contributed by atoms with E-state index in [-0.39, 0.29) is 23.9 Å². The molecule has 124 valence electrons. The van der Waals surface area contributed by atoms with E-state index in [0.29, 0.717) is 0 Å². The Kier molecular flexibility index (Phi) is 4.45. The van der Waals surface area contributed by atoms with Crippen molar-refractivity contribution in [3.05, 3.63) is 30.6 Å². The largest absolute Gasteiger partial charge is 0.336 e. The molecule has 0 aromatic carbocycles. The molecule has 0 aliphatic carbocycles. The van der Waals surface area contributed by atoms with E-state index in [9.17, 15) is 4.79 Å². The summed E-state index contributed by atoms with van der Waals surface area (Å²) in [4.78, 5) is 19.1. The highest BCUT2D eigenvalue weighted by Crippen LogP contribution is 2.26. The van der Waals surface area contributed by atoms with Gasteiger partial charge >= 0.3 is 0 Å². The lowest BCUT2D eigenvalue weighted by molar-refractivity contribution is -0.137. The molecule has 1 saturated heterocycles. The van der Waals surface area contributed by atoms with Crippen molar-refractivity contribution < 1.29 is 4.79 Å². The summed E-state index contributed by atoms with van der Waals surface area (Å²) < 4.78 is 3.62. The zero-order chi connectivity index (χ0) is 16.4. The van der Waals surface area contributed by atoms with Gasteiger partial charge in [0.1, 0.15) is 18.7 Å². The minimum absolute atomic E-state index is 0.136. The molecule has 0 N–H and O–H groups in total. The predicted molar refractivity (Wildman–Crippen MR) is 85.6 cm³/mol. The molecular formula is C16H24N6O. The van der Waals surface area contributed by atoms with Crippen LogP contribution in [-0.4, -0.2) is 47.9 Å². The van der Waals surface area contributed by atoms with Crippen molar-refractivity contribution in [1.29, 1.82) is 0 Å². The van der Waals surface area contributed by atoms with Gasteiger partial charge in [-0.15, -0.1) is 0 Å². The minimum Gasteiger partial charge on any atom is -0.336 e. The molecule has 3 heterocycles. The Labute approximate surface area is 136 Å². The molecule has 1 aliphatic heterocycles. The first-order valence-corrected chi connectivity index (χ1v) is 8.20. The first-order valence-electron chi connectivity index (χ1n) is 8.20. The summed E-state index contributed by atoms with van der Waals surface area (Å²) in [6.45, 7) is 7.68. The minimum atomic E-state index is -0.294. The molecule has 23 heavy (non-hydrogen) atoms. The highest BCUT2D eigenvalue weighted by molar-refractivity contribution is 5.81. The van der Waals surface area contributed by atoms with Crippen LogP contribution in [0.4, 0.5) is 0 Å². The van der Waals surface area contributed by atoms with Crippen molar-refractivity contribution in [1.82, 2.24) is 29.4 Å². The van der Waals surface area contributed by atoms with Crippen molar-refractivity contribution in [2.45, 2.75) is 52.2 Å². The van der Waals surface area contributed by atoms with E-state index >= 15 is 0 Å². The van der Waals surface area contributed by atoms with Gasteiger partial charge in [-0.2, -0.15) is 10.2 Å². The highest BCUT2D eigenvalue weighted by Gasteiger charge is 2.36. The Morgan fingerprint density at radius 3 is 2.83 bits per heavy atom. The Hall–Kier alpha value is -2.18. The lowest BCUT2D eigenvalue weighted by Gasteiger charge is -2.30. The summed E-state index contributed by atoms with van der Waals surface area (Å²) in [5, 5.41) is 8.54. The molecular weight excluding hydrogens is 292 g/mol. The van der Waals surface area contributed by atoms with Crippen LogP contribution in [0, 0.1) is 12.8 Å². The standard InChI is InChI=1S/C16H24N6O/c1-12(2)15(22-11-17-10-19-22)16(23)21-6-4-5-14(21)9-20-8-13(3)7-18-20/h7-8,10-12,14-15H,4-6,9H2,1-3H3/t14-,15-/m1/s1. The molecule has 2 aromatic heterocycles. The number of hydrogen-bond acceptors (Lipinski definition) is 4. The van der Waals surface area contributed by atoms with E-state index < -0.39 is 0 Å². The number of hydrogen-bond donors (Lipinski definition) is 0. The van der Waals surface area contributed by atoms with Gasteiger partial charge in [-0.1, -0.05) is 13.8 Å². The maximum atomic E-state index is 13.1. The number of nitrogens with zero attached hydrogens (tertiary/aromatic N) is 6. The second-order valence-corrected chi connectivity index (χ2v) is 6.63. The maximum Gasteiger partial charge on any atom is 0.248 e. The van der Waals surface area contributed by atoms with Crippen LogP contribution in [0.2, 0.25) is 0 Å². The summed E-state index contributed by atoms with van der Waals surface area (Å²) in [5.41, 5.74) is 1.14. The van der Waals surface area contributed by atoms with Crippen LogP contribution >= 0.6 is 0 Å². The van der Waals surface area contributed by atoms with Gasteiger partial charge in [-0.3, -0.25) is 9.48 Å². The molecule has 1 fully saturated rings. The fourth-order valence-electron chi connectivity index (χ4n) is 3.33. The van der Waals surface area contributed by atoms with Gasteiger partial charge < -0.3 is 4.90 Å². The van der Waals surface area contributed by atoms with Crippen molar-refractivity contribution >= 4 is 5.91 Å². The summed E-state index contributed by atoms with van der Waals surface area (Å²) >= 11 is 0. The molecule has 7 heteroatoms. The zero-order valence-corrected chi connectivity index (χ0v) is 14.0. The monoisotopic (exact) mass is 316 g/mol. The molecule has 7 nitrogen and oxygen atoms in total. The van der Waals surface area contributed by atoms with Crippen molar-refractivity contribution in [2.24, 2.45) is 5.92 Å². The van der Waals surface area contributed by atoms with Gasteiger partial charge in [0.25, 0.3) is 0 Å². The third kappa shape index (κ3) is 3.28. The molecule has 0 spiro atoms. The molecule has 0 unspecified atom stereocenters. The van der Waals surface area contributed by atoms with E-state index in [1.807, 2.05) is 42.7 Å². The predicted octanol–water partition coefficient (Wildman–Crippen LogP) is 1.67. The van der Waals surface area contributed by atoms with Crippen LogP contribution in [0.1, 0.15) is 38.3 Å². The quantitative estimate of drug-likeness (QED) is 0.841. The van der Waals surface area contributed by atoms with Crippen LogP contribution in [0.15, 0.2) is 25.0 Å². The number of carbonyl (C=O) groups is 1. The average Bonchev–Trinajstić information content (AvgIpc) is 3.21. The third-order valence-electron chi connectivity index (χ3n) is 4.43. The Bertz CT molecular complexity index is 647. The fraction of sp³-hybridized carbons (Fsp3) is 0.625. The maximum absolute atomic E-state index is 13.1. The lowest BCUT2D eigenvalue weighted by atomic mass is 10.0. The van der Waals surface area contributed by atoms with E-state index in [1.54, 1.807) is 11.0 Å². The van der Waals surface area contributed by atoms with Crippen LogP contribution in [-0.2, 0) is 11.3 Å². The molecule has 0 saturated carbocycles. The number of aryl methyl sites for hydroxylation is 1. The molecule has 1 amide bonds. The average molecular weight is 316 g/mol. The van der Waals surface area contributed by atoms with Gasteiger partial charge in [-0.05, 0) is 31.2 Å². The SMILES string of the molecule is Cc1cnn(C[C@H]2CCCN2C(=O)[C@@H](C(C)C)n2cncn2)c1. The van der Waals surface area contributed by atoms with Gasteiger partial charge in [0, 0.05) is 12.7 Å². The van der Waals surface area contributed by atoms with E-state index in [2.05, 4.69) is 15.2 Å². The fourth-order valence-corrected chi connectivity index (χ4v) is 3.33. The Morgan fingerprint density at radius 2 is 2.22 bits per heavy atom. The van der Waals surface area contributed by atoms with Gasteiger partial charge in [-0.25, -0.2) is 9.67 Å². The van der Waals surface area contributed by atoms with Gasteiger partial charge in [0.2, 0.25) is 5.91 Å². The van der Waals surface area contributed by atoms with E-state index in [4.69, 9.17) is 0 Å². The summed E-state index contributed by atoms with van der Waals surface area (Å²) in [7, 11) is 0. The van der Waals surface area contributed by atoms with Crippen LogP contribution in [0.3, 0.4) is 0 Å². The highest BCUT2D eigenvalue weighted by atomic mass is 16.2. The number of aromatic nitrogens is 5. The van der Waals surface area contributed by atoms with Crippen molar-refractivity contribution in [2.75, 3.05) is 6.54 Å². The van der Waals surface area contributed by atoms with Gasteiger partial charge in [0.05, 0.1) is 18.8 Å². The summed E-state index contributed by atoms with van der Waals surface area (Å²) in [6, 6.07) is -0.0935. The topological polar surface area (TPSA) is 68.8 Å². The van der Waals surface area contributed by atoms with Crippen molar-refractivity contribution in [3.63, 3.8) is 0 Å². The lowest BCUT2D eigenvalue weighted by Crippen LogP contribution is -2.44. The Balaban J connectivity index is 1.76.